The molecule has 0 aliphatic rings. The van der Waals surface area contributed by atoms with E-state index in [0.29, 0.717) is 17.2 Å². The second kappa shape index (κ2) is 5.52. The summed E-state index contributed by atoms with van der Waals surface area (Å²) in [7, 11) is 0. The number of aromatic nitrogens is 1. The fourth-order valence-corrected chi connectivity index (χ4v) is 3.59. The molecule has 4 nitrogen and oxygen atoms in total. The Morgan fingerprint density at radius 3 is 2.70 bits per heavy atom. The van der Waals surface area contributed by atoms with Crippen LogP contribution in [0.1, 0.15) is 5.56 Å². The van der Waals surface area contributed by atoms with Gasteiger partial charge in [0.2, 0.25) is 5.71 Å². The number of hydrogen-bond donors (Lipinski definition) is 2. The fraction of sp³-hybridized carbons (Fsp3) is 0.0556. The highest BCUT2D eigenvalue weighted by Gasteiger charge is 2.12. The average molecular weight is 321 g/mol. The third-order valence-corrected chi connectivity index (χ3v) is 4.83. The lowest BCUT2D eigenvalue weighted by Gasteiger charge is -2.04. The predicted octanol–water partition coefficient (Wildman–Crippen LogP) is 4.44. The number of rotatable bonds is 3. The molecule has 5 heteroatoms. The second-order valence-electron chi connectivity index (χ2n) is 5.38. The van der Waals surface area contributed by atoms with E-state index in [1.54, 1.807) is 24.1 Å². The van der Waals surface area contributed by atoms with Gasteiger partial charge in [-0.05, 0) is 22.9 Å². The Bertz CT molecular complexity index is 1010. The van der Waals surface area contributed by atoms with E-state index in [9.17, 15) is 0 Å². The summed E-state index contributed by atoms with van der Waals surface area (Å²) in [6.07, 6.45) is 1.71. The number of thioether (sulfide) groups is 1. The molecule has 2 heterocycles. The highest BCUT2D eigenvalue weighted by molar-refractivity contribution is 7.98. The van der Waals surface area contributed by atoms with Gasteiger partial charge in [0.1, 0.15) is 5.82 Å². The van der Waals surface area contributed by atoms with Crippen molar-refractivity contribution in [2.24, 2.45) is 0 Å². The minimum Gasteiger partial charge on any atom is -0.446 e. The standard InChI is InChI=1S/C18H15N3OS/c19-15-8-16(20)21-18-17(15)13(9-22-18)10-23-14-6-5-11-3-1-2-4-12(11)7-14/h1-9H,10H2,(H4,19,20,21). The average Bonchev–Trinajstić information content (AvgIpc) is 2.96. The molecule has 114 valence electrons. The molecule has 0 aliphatic heterocycles. The summed E-state index contributed by atoms with van der Waals surface area (Å²) in [5.74, 6) is 1.14. The van der Waals surface area contributed by atoms with Crippen molar-refractivity contribution in [2.45, 2.75) is 10.6 Å². The zero-order chi connectivity index (χ0) is 15.8. The number of nitrogen functional groups attached to an aromatic ring is 2. The van der Waals surface area contributed by atoms with Gasteiger partial charge in [0, 0.05) is 28.0 Å². The summed E-state index contributed by atoms with van der Waals surface area (Å²) in [6.45, 7) is 0. The van der Waals surface area contributed by atoms with Gasteiger partial charge in [-0.3, -0.25) is 0 Å². The first kappa shape index (κ1) is 14.0. The second-order valence-corrected chi connectivity index (χ2v) is 6.42. The highest BCUT2D eigenvalue weighted by atomic mass is 32.2. The molecule has 0 fully saturated rings. The van der Waals surface area contributed by atoms with Crippen LogP contribution < -0.4 is 11.5 Å². The quantitative estimate of drug-likeness (QED) is 0.545. The molecule has 4 rings (SSSR count). The van der Waals surface area contributed by atoms with Gasteiger partial charge in [-0.15, -0.1) is 11.8 Å². The van der Waals surface area contributed by atoms with Gasteiger partial charge in [-0.25, -0.2) is 0 Å². The molecule has 4 aromatic rings. The van der Waals surface area contributed by atoms with Gasteiger partial charge in [-0.1, -0.05) is 30.3 Å². The monoisotopic (exact) mass is 321 g/mol. The van der Waals surface area contributed by atoms with E-state index >= 15 is 0 Å². The lowest BCUT2D eigenvalue weighted by molar-refractivity contribution is 0.601. The number of anilines is 2. The van der Waals surface area contributed by atoms with E-state index in [1.165, 1.54) is 15.7 Å². The molecule has 2 aromatic heterocycles. The van der Waals surface area contributed by atoms with Crippen molar-refractivity contribution in [1.29, 1.82) is 0 Å². The maximum absolute atomic E-state index is 6.06. The van der Waals surface area contributed by atoms with Gasteiger partial charge >= 0.3 is 0 Å². The summed E-state index contributed by atoms with van der Waals surface area (Å²) in [4.78, 5) is 5.38. The minimum absolute atomic E-state index is 0.373. The number of benzene rings is 2. The van der Waals surface area contributed by atoms with E-state index in [1.807, 2.05) is 6.07 Å². The lowest BCUT2D eigenvalue weighted by Crippen LogP contribution is -1.95. The fourth-order valence-electron chi connectivity index (χ4n) is 2.68. The molecular weight excluding hydrogens is 306 g/mol. The van der Waals surface area contributed by atoms with Crippen LogP contribution in [0.4, 0.5) is 11.5 Å². The number of pyridine rings is 1. The smallest absolute Gasteiger partial charge is 0.230 e. The Kier molecular flexibility index (Phi) is 3.35. The number of fused-ring (bicyclic) bond motifs is 2. The number of nitrogens with two attached hydrogens (primary N) is 2. The predicted molar refractivity (Wildman–Crippen MR) is 96.3 cm³/mol. The lowest BCUT2D eigenvalue weighted by atomic mass is 10.1. The van der Waals surface area contributed by atoms with Crippen molar-refractivity contribution in [3.8, 4) is 0 Å². The molecule has 23 heavy (non-hydrogen) atoms. The Balaban J connectivity index is 1.63. The maximum Gasteiger partial charge on any atom is 0.230 e. The SMILES string of the molecule is Nc1cc(N)c2c(CSc3ccc4ccccc4c3)coc2n1. The Hall–Kier alpha value is -2.66. The van der Waals surface area contributed by atoms with Gasteiger partial charge < -0.3 is 15.9 Å². The van der Waals surface area contributed by atoms with Crippen LogP contribution in [0.5, 0.6) is 0 Å². The van der Waals surface area contributed by atoms with Crippen LogP contribution >= 0.6 is 11.8 Å². The number of hydrogen-bond acceptors (Lipinski definition) is 5. The molecule has 0 radical (unpaired) electrons. The van der Waals surface area contributed by atoms with E-state index in [0.717, 1.165) is 16.7 Å². The molecule has 4 N–H and O–H groups in total. The molecule has 0 bridgehead atoms. The number of furan rings is 1. The van der Waals surface area contributed by atoms with E-state index in [4.69, 9.17) is 15.9 Å². The normalized spacial score (nSPS) is 11.3. The van der Waals surface area contributed by atoms with Crippen LogP contribution in [0.2, 0.25) is 0 Å². The largest absolute Gasteiger partial charge is 0.446 e. The van der Waals surface area contributed by atoms with Gasteiger partial charge in [-0.2, -0.15) is 4.98 Å². The first-order valence-corrected chi connectivity index (χ1v) is 8.23. The van der Waals surface area contributed by atoms with Crippen LogP contribution in [0.3, 0.4) is 0 Å². The zero-order valence-corrected chi connectivity index (χ0v) is 13.1. The van der Waals surface area contributed by atoms with Crippen molar-refractivity contribution in [3.05, 3.63) is 60.4 Å². The summed E-state index contributed by atoms with van der Waals surface area (Å²) in [5, 5.41) is 3.34. The van der Waals surface area contributed by atoms with Crippen molar-refractivity contribution in [1.82, 2.24) is 4.98 Å². The molecule has 0 saturated carbocycles. The molecule has 0 spiro atoms. The van der Waals surface area contributed by atoms with Crippen LogP contribution in [-0.4, -0.2) is 4.98 Å². The first-order valence-electron chi connectivity index (χ1n) is 7.24. The zero-order valence-electron chi connectivity index (χ0n) is 12.3. The molecule has 0 saturated heterocycles. The Labute approximate surface area is 137 Å². The van der Waals surface area contributed by atoms with Crippen LogP contribution in [-0.2, 0) is 5.75 Å². The maximum atomic E-state index is 6.06. The van der Waals surface area contributed by atoms with Crippen molar-refractivity contribution in [3.63, 3.8) is 0 Å². The summed E-state index contributed by atoms with van der Waals surface area (Å²) < 4.78 is 5.48. The van der Waals surface area contributed by atoms with Crippen molar-refractivity contribution in [2.75, 3.05) is 11.5 Å². The number of nitrogens with zero attached hydrogens (tertiary/aromatic N) is 1. The van der Waals surface area contributed by atoms with Crippen LogP contribution in [0.25, 0.3) is 21.9 Å². The molecule has 2 aromatic carbocycles. The van der Waals surface area contributed by atoms with Crippen molar-refractivity contribution >= 4 is 45.1 Å². The molecule has 0 amide bonds. The van der Waals surface area contributed by atoms with Crippen molar-refractivity contribution < 1.29 is 4.42 Å². The molecule has 0 unspecified atom stereocenters. The Morgan fingerprint density at radius 2 is 1.83 bits per heavy atom. The summed E-state index contributed by atoms with van der Waals surface area (Å²) in [6, 6.07) is 16.5. The van der Waals surface area contributed by atoms with Crippen LogP contribution in [0.15, 0.2) is 64.1 Å². The summed E-state index contributed by atoms with van der Waals surface area (Å²) in [5.41, 5.74) is 13.9. The minimum atomic E-state index is 0.373. The summed E-state index contributed by atoms with van der Waals surface area (Å²) >= 11 is 1.75. The third kappa shape index (κ3) is 2.59. The van der Waals surface area contributed by atoms with Gasteiger partial charge in [0.15, 0.2) is 0 Å². The van der Waals surface area contributed by atoms with E-state index in [-0.39, 0.29) is 0 Å². The molecule has 0 atom stereocenters. The van der Waals surface area contributed by atoms with E-state index < -0.39 is 0 Å². The third-order valence-electron chi connectivity index (χ3n) is 3.79. The van der Waals surface area contributed by atoms with Crippen LogP contribution in [0, 0.1) is 0 Å². The molecule has 0 aliphatic carbocycles. The molecular formula is C18H15N3OS. The topological polar surface area (TPSA) is 78.1 Å². The van der Waals surface area contributed by atoms with Gasteiger partial charge in [0.05, 0.1) is 11.6 Å². The highest BCUT2D eigenvalue weighted by Crippen LogP contribution is 2.33. The van der Waals surface area contributed by atoms with Gasteiger partial charge in [0.25, 0.3) is 0 Å². The Morgan fingerprint density at radius 1 is 1.00 bits per heavy atom. The first-order chi connectivity index (χ1) is 11.2. The van der Waals surface area contributed by atoms with E-state index in [2.05, 4.69) is 41.4 Å².